The summed E-state index contributed by atoms with van der Waals surface area (Å²) in [4.78, 5) is 22.2. The molecule has 4 heteroatoms. The van der Waals surface area contributed by atoms with E-state index in [1.807, 2.05) is 6.92 Å². The smallest absolute Gasteiger partial charge is 0.306 e. The Labute approximate surface area is 141 Å². The van der Waals surface area contributed by atoms with Crippen LogP contribution in [0.4, 0.5) is 0 Å². The van der Waals surface area contributed by atoms with Gasteiger partial charge in [-0.25, -0.2) is 0 Å². The van der Waals surface area contributed by atoms with Gasteiger partial charge in [0.05, 0.1) is 5.92 Å². The standard InChI is InChI=1S/C19H36O4/c1-4-6-7-12-16(10-5-2)14-17(19(22)23)15(3)11-8-9-13-18(20)21/h15-17H,4-14H2,1-3H3,(H,20,21)(H,22,23). The second kappa shape index (κ2) is 13.4. The first-order chi connectivity index (χ1) is 10.9. The minimum absolute atomic E-state index is 0.117. The topological polar surface area (TPSA) is 74.6 Å². The molecule has 0 heterocycles. The van der Waals surface area contributed by atoms with Crippen LogP contribution in [-0.4, -0.2) is 22.2 Å². The maximum absolute atomic E-state index is 11.7. The summed E-state index contributed by atoms with van der Waals surface area (Å²) in [5.74, 6) is -1.13. The summed E-state index contributed by atoms with van der Waals surface area (Å²) in [7, 11) is 0. The van der Waals surface area contributed by atoms with E-state index in [-0.39, 0.29) is 18.3 Å². The van der Waals surface area contributed by atoms with Crippen LogP contribution in [0.3, 0.4) is 0 Å². The van der Waals surface area contributed by atoms with E-state index in [0.717, 1.165) is 38.5 Å². The minimum atomic E-state index is -0.772. The highest BCUT2D eigenvalue weighted by Gasteiger charge is 2.27. The third kappa shape index (κ3) is 11.2. The molecule has 3 unspecified atom stereocenters. The van der Waals surface area contributed by atoms with Gasteiger partial charge < -0.3 is 10.2 Å². The van der Waals surface area contributed by atoms with E-state index in [2.05, 4.69) is 13.8 Å². The second-order valence-electron chi connectivity index (χ2n) is 6.95. The van der Waals surface area contributed by atoms with Crippen LogP contribution in [0.1, 0.15) is 91.4 Å². The van der Waals surface area contributed by atoms with Gasteiger partial charge in [-0.05, 0) is 31.1 Å². The molecular formula is C19H36O4. The Bertz CT molecular complexity index is 327. The molecule has 0 bridgehead atoms. The number of unbranched alkanes of at least 4 members (excludes halogenated alkanes) is 3. The quantitative estimate of drug-likeness (QED) is 0.397. The van der Waals surface area contributed by atoms with E-state index >= 15 is 0 Å². The molecule has 0 aliphatic carbocycles. The van der Waals surface area contributed by atoms with Crippen molar-refractivity contribution in [2.24, 2.45) is 17.8 Å². The molecule has 4 nitrogen and oxygen atoms in total. The Morgan fingerprint density at radius 1 is 0.870 bits per heavy atom. The molecule has 0 aromatic heterocycles. The number of carbonyl (C=O) groups is 2. The van der Waals surface area contributed by atoms with Crippen LogP contribution in [0.5, 0.6) is 0 Å². The van der Waals surface area contributed by atoms with Crippen molar-refractivity contribution in [2.45, 2.75) is 91.4 Å². The van der Waals surface area contributed by atoms with Crippen molar-refractivity contribution in [2.75, 3.05) is 0 Å². The molecular weight excluding hydrogens is 292 g/mol. The summed E-state index contributed by atoms with van der Waals surface area (Å²) in [6, 6.07) is 0. The molecule has 0 radical (unpaired) electrons. The molecule has 0 saturated carbocycles. The lowest BCUT2D eigenvalue weighted by atomic mass is 9.80. The number of hydrogen-bond acceptors (Lipinski definition) is 2. The van der Waals surface area contributed by atoms with Crippen molar-refractivity contribution in [3.63, 3.8) is 0 Å². The third-order valence-corrected chi connectivity index (χ3v) is 4.80. The van der Waals surface area contributed by atoms with Crippen LogP contribution >= 0.6 is 0 Å². The van der Waals surface area contributed by atoms with Crippen LogP contribution in [0.2, 0.25) is 0 Å². The SMILES string of the molecule is CCCCCC(CCC)CC(C(=O)O)C(C)CCCCC(=O)O. The molecule has 23 heavy (non-hydrogen) atoms. The van der Waals surface area contributed by atoms with Gasteiger partial charge in [0.1, 0.15) is 0 Å². The second-order valence-corrected chi connectivity index (χ2v) is 6.95. The minimum Gasteiger partial charge on any atom is -0.481 e. The van der Waals surface area contributed by atoms with Gasteiger partial charge in [0.25, 0.3) is 0 Å². The monoisotopic (exact) mass is 328 g/mol. The highest BCUT2D eigenvalue weighted by atomic mass is 16.4. The zero-order chi connectivity index (χ0) is 17.7. The maximum Gasteiger partial charge on any atom is 0.306 e. The Hall–Kier alpha value is -1.06. The van der Waals surface area contributed by atoms with Crippen molar-refractivity contribution in [1.29, 1.82) is 0 Å². The van der Waals surface area contributed by atoms with E-state index in [4.69, 9.17) is 5.11 Å². The van der Waals surface area contributed by atoms with Gasteiger partial charge in [-0.2, -0.15) is 0 Å². The van der Waals surface area contributed by atoms with Crippen LogP contribution in [0.25, 0.3) is 0 Å². The molecule has 0 rings (SSSR count). The fourth-order valence-corrected chi connectivity index (χ4v) is 3.35. The lowest BCUT2D eigenvalue weighted by molar-refractivity contribution is -0.144. The first kappa shape index (κ1) is 21.9. The Morgan fingerprint density at radius 2 is 1.52 bits per heavy atom. The van der Waals surface area contributed by atoms with Crippen molar-refractivity contribution >= 4 is 11.9 Å². The molecule has 0 aliphatic heterocycles. The van der Waals surface area contributed by atoms with Crippen LogP contribution < -0.4 is 0 Å². The predicted molar refractivity (Wildman–Crippen MR) is 93.6 cm³/mol. The molecule has 0 spiro atoms. The van der Waals surface area contributed by atoms with E-state index in [1.165, 1.54) is 19.3 Å². The van der Waals surface area contributed by atoms with Crippen LogP contribution in [0.15, 0.2) is 0 Å². The summed E-state index contributed by atoms with van der Waals surface area (Å²) < 4.78 is 0. The zero-order valence-electron chi connectivity index (χ0n) is 15.2. The zero-order valence-corrected chi connectivity index (χ0v) is 15.2. The summed E-state index contributed by atoms with van der Waals surface area (Å²) in [6.07, 6.45) is 10.2. The Balaban J connectivity index is 4.42. The lowest BCUT2D eigenvalue weighted by Gasteiger charge is -2.25. The number of carboxylic acid groups (broad SMARTS) is 2. The van der Waals surface area contributed by atoms with E-state index in [0.29, 0.717) is 12.3 Å². The molecule has 0 aliphatic rings. The Kier molecular flexibility index (Phi) is 12.8. The molecule has 2 N–H and O–H groups in total. The molecule has 0 saturated heterocycles. The van der Waals surface area contributed by atoms with Gasteiger partial charge in [-0.15, -0.1) is 0 Å². The highest BCUT2D eigenvalue weighted by Crippen LogP contribution is 2.30. The van der Waals surface area contributed by atoms with Gasteiger partial charge in [-0.3, -0.25) is 9.59 Å². The average molecular weight is 328 g/mol. The van der Waals surface area contributed by atoms with E-state index in [1.54, 1.807) is 0 Å². The first-order valence-corrected chi connectivity index (χ1v) is 9.36. The van der Waals surface area contributed by atoms with Gasteiger partial charge in [0.2, 0.25) is 0 Å². The predicted octanol–water partition coefficient (Wildman–Crippen LogP) is 5.36. The summed E-state index contributed by atoms with van der Waals surface area (Å²) in [5, 5.41) is 18.2. The van der Waals surface area contributed by atoms with Gasteiger partial charge in [0, 0.05) is 6.42 Å². The maximum atomic E-state index is 11.7. The fraction of sp³-hybridized carbons (Fsp3) is 0.895. The largest absolute Gasteiger partial charge is 0.481 e. The number of hydrogen-bond donors (Lipinski definition) is 2. The molecule has 0 amide bonds. The van der Waals surface area contributed by atoms with Crippen LogP contribution in [0, 0.1) is 17.8 Å². The number of aliphatic carboxylic acids is 2. The van der Waals surface area contributed by atoms with E-state index in [9.17, 15) is 14.7 Å². The van der Waals surface area contributed by atoms with Crippen molar-refractivity contribution in [3.05, 3.63) is 0 Å². The molecule has 0 aromatic carbocycles. The normalized spacial score (nSPS) is 15.1. The summed E-state index contributed by atoms with van der Waals surface area (Å²) in [5.41, 5.74) is 0. The van der Waals surface area contributed by atoms with Gasteiger partial charge >= 0.3 is 11.9 Å². The lowest BCUT2D eigenvalue weighted by Crippen LogP contribution is -2.25. The molecule has 3 atom stereocenters. The molecule has 0 fully saturated rings. The molecule has 136 valence electrons. The van der Waals surface area contributed by atoms with Crippen molar-refractivity contribution in [3.8, 4) is 0 Å². The average Bonchev–Trinajstić information content (AvgIpc) is 2.48. The third-order valence-electron chi connectivity index (χ3n) is 4.80. The van der Waals surface area contributed by atoms with Crippen molar-refractivity contribution in [1.82, 2.24) is 0 Å². The summed E-state index contributed by atoms with van der Waals surface area (Å²) in [6.45, 7) is 6.36. The van der Waals surface area contributed by atoms with Gasteiger partial charge in [0.15, 0.2) is 0 Å². The fourth-order valence-electron chi connectivity index (χ4n) is 3.35. The van der Waals surface area contributed by atoms with Crippen molar-refractivity contribution < 1.29 is 19.8 Å². The summed E-state index contributed by atoms with van der Waals surface area (Å²) >= 11 is 0. The number of carboxylic acids is 2. The highest BCUT2D eigenvalue weighted by molar-refractivity contribution is 5.70. The number of rotatable bonds is 15. The van der Waals surface area contributed by atoms with E-state index < -0.39 is 11.9 Å². The Morgan fingerprint density at radius 3 is 2.04 bits per heavy atom. The molecule has 0 aromatic rings. The van der Waals surface area contributed by atoms with Crippen LogP contribution in [-0.2, 0) is 9.59 Å². The first-order valence-electron chi connectivity index (χ1n) is 9.36. The van der Waals surface area contributed by atoms with Gasteiger partial charge in [-0.1, -0.05) is 65.7 Å².